The molecule has 0 aliphatic heterocycles. The van der Waals surface area contributed by atoms with E-state index in [2.05, 4.69) is 5.32 Å². The largest absolute Gasteiger partial charge is 0.493 e. The Hall–Kier alpha value is -1.62. The molecular weight excluding hydrogens is 464 g/mol. The Kier molecular flexibility index (Phi) is 8.55. The number of benzene rings is 3. The highest BCUT2D eigenvalue weighted by atomic mass is 35.5. The van der Waals surface area contributed by atoms with Crippen molar-refractivity contribution in [2.45, 2.75) is 19.6 Å². The molecule has 3 aromatic rings. The van der Waals surface area contributed by atoms with E-state index >= 15 is 0 Å². The fourth-order valence-corrected chi connectivity index (χ4v) is 3.70. The smallest absolute Gasteiger partial charge is 0.163 e. The van der Waals surface area contributed by atoms with Gasteiger partial charge in [0.25, 0.3) is 0 Å². The molecule has 0 fully saturated rings. The summed E-state index contributed by atoms with van der Waals surface area (Å²) in [7, 11) is 1.60. The second-order valence-electron chi connectivity index (χ2n) is 6.67. The summed E-state index contributed by atoms with van der Waals surface area (Å²) in [5.41, 5.74) is 2.98. The van der Waals surface area contributed by atoms with Gasteiger partial charge in [-0.15, -0.1) is 0 Å². The lowest BCUT2D eigenvalue weighted by atomic mass is 10.1. The second-order valence-corrected chi connectivity index (χ2v) is 8.36. The van der Waals surface area contributed by atoms with Gasteiger partial charge in [0.1, 0.15) is 6.61 Å². The summed E-state index contributed by atoms with van der Waals surface area (Å²) in [6, 6.07) is 16.8. The molecule has 30 heavy (non-hydrogen) atoms. The number of nitrogens with one attached hydrogen (secondary N) is 1. The Morgan fingerprint density at radius 2 is 1.47 bits per heavy atom. The first kappa shape index (κ1) is 23.1. The van der Waals surface area contributed by atoms with Crippen LogP contribution in [0.15, 0.2) is 54.6 Å². The van der Waals surface area contributed by atoms with Crippen LogP contribution in [-0.2, 0) is 19.6 Å². The third-order valence-corrected chi connectivity index (χ3v) is 5.74. The third kappa shape index (κ3) is 6.44. The number of halogens is 4. The Morgan fingerprint density at radius 1 is 0.767 bits per heavy atom. The van der Waals surface area contributed by atoms with Crippen LogP contribution in [0, 0.1) is 0 Å². The maximum atomic E-state index is 6.47. The summed E-state index contributed by atoms with van der Waals surface area (Å²) in [5, 5.41) is 5.88. The standard InChI is InChI=1S/C23H21Cl4NO2/c1-29-22-10-17(13-28-9-8-15-2-5-18(24)6-3-15)21(27)12-23(22)30-14-16-4-7-19(25)11-20(16)26/h2-7,10-12,28H,8-9,13-14H2,1H3. The minimum Gasteiger partial charge on any atom is -0.493 e. The van der Waals surface area contributed by atoms with Crippen molar-refractivity contribution >= 4 is 46.4 Å². The molecule has 0 aromatic heterocycles. The van der Waals surface area contributed by atoms with Crippen molar-refractivity contribution in [1.29, 1.82) is 0 Å². The van der Waals surface area contributed by atoms with Crippen molar-refractivity contribution in [3.05, 3.63) is 91.4 Å². The maximum Gasteiger partial charge on any atom is 0.163 e. The minimum absolute atomic E-state index is 0.279. The van der Waals surface area contributed by atoms with E-state index in [1.54, 1.807) is 25.3 Å². The van der Waals surface area contributed by atoms with E-state index in [0.717, 1.165) is 29.1 Å². The monoisotopic (exact) mass is 483 g/mol. The number of rotatable bonds is 9. The molecule has 0 spiro atoms. The molecule has 158 valence electrons. The molecule has 0 unspecified atom stereocenters. The number of ether oxygens (including phenoxy) is 2. The van der Waals surface area contributed by atoms with Gasteiger partial charge in [0.2, 0.25) is 0 Å². The lowest BCUT2D eigenvalue weighted by Gasteiger charge is -2.15. The quantitative estimate of drug-likeness (QED) is 0.325. The summed E-state index contributed by atoms with van der Waals surface area (Å²) in [6.07, 6.45) is 0.898. The van der Waals surface area contributed by atoms with Crippen molar-refractivity contribution < 1.29 is 9.47 Å². The van der Waals surface area contributed by atoms with Crippen LogP contribution in [0.3, 0.4) is 0 Å². The maximum absolute atomic E-state index is 6.47. The Labute approximate surface area is 196 Å². The zero-order valence-corrected chi connectivity index (χ0v) is 19.4. The molecule has 0 amide bonds. The predicted molar refractivity (Wildman–Crippen MR) is 126 cm³/mol. The van der Waals surface area contributed by atoms with Crippen LogP contribution in [0.25, 0.3) is 0 Å². The van der Waals surface area contributed by atoms with Crippen molar-refractivity contribution in [2.24, 2.45) is 0 Å². The summed E-state index contributed by atoms with van der Waals surface area (Å²) >= 11 is 24.5. The number of methoxy groups -OCH3 is 1. The lowest BCUT2D eigenvalue weighted by Crippen LogP contribution is -2.17. The molecule has 0 aliphatic carbocycles. The normalized spacial score (nSPS) is 10.8. The first-order chi connectivity index (χ1) is 14.5. The van der Waals surface area contributed by atoms with Gasteiger partial charge in [-0.1, -0.05) is 64.6 Å². The highest BCUT2D eigenvalue weighted by Gasteiger charge is 2.12. The number of hydrogen-bond acceptors (Lipinski definition) is 3. The van der Waals surface area contributed by atoms with Gasteiger partial charge in [0.15, 0.2) is 11.5 Å². The minimum atomic E-state index is 0.279. The topological polar surface area (TPSA) is 30.5 Å². The first-order valence-corrected chi connectivity index (χ1v) is 10.9. The first-order valence-electron chi connectivity index (χ1n) is 9.34. The molecule has 0 aliphatic rings. The molecule has 7 heteroatoms. The van der Waals surface area contributed by atoms with E-state index in [0.29, 0.717) is 33.1 Å². The highest BCUT2D eigenvalue weighted by molar-refractivity contribution is 6.35. The van der Waals surface area contributed by atoms with E-state index < -0.39 is 0 Å². The zero-order valence-electron chi connectivity index (χ0n) is 16.4. The van der Waals surface area contributed by atoms with Crippen LogP contribution >= 0.6 is 46.4 Å². The van der Waals surface area contributed by atoms with Crippen molar-refractivity contribution in [1.82, 2.24) is 5.32 Å². The van der Waals surface area contributed by atoms with E-state index in [1.165, 1.54) is 5.56 Å². The molecule has 3 aromatic carbocycles. The molecule has 0 atom stereocenters. The van der Waals surface area contributed by atoms with Crippen molar-refractivity contribution in [3.63, 3.8) is 0 Å². The second kappa shape index (κ2) is 11.1. The average molecular weight is 485 g/mol. The molecular formula is C23H21Cl4NO2. The fraction of sp³-hybridized carbons (Fsp3) is 0.217. The third-order valence-electron chi connectivity index (χ3n) is 4.55. The van der Waals surface area contributed by atoms with E-state index in [1.807, 2.05) is 36.4 Å². The fourth-order valence-electron chi connectivity index (χ4n) is 2.89. The van der Waals surface area contributed by atoms with Gasteiger partial charge >= 0.3 is 0 Å². The highest BCUT2D eigenvalue weighted by Crippen LogP contribution is 2.34. The predicted octanol–water partition coefficient (Wildman–Crippen LogP) is 7.22. The van der Waals surface area contributed by atoms with Crippen LogP contribution in [0.2, 0.25) is 20.1 Å². The Bertz CT molecular complexity index is 993. The van der Waals surface area contributed by atoms with Crippen LogP contribution in [0.5, 0.6) is 11.5 Å². The van der Waals surface area contributed by atoms with Gasteiger partial charge in [-0.3, -0.25) is 0 Å². The van der Waals surface area contributed by atoms with Crippen molar-refractivity contribution in [2.75, 3.05) is 13.7 Å². The van der Waals surface area contributed by atoms with E-state index in [4.69, 9.17) is 55.9 Å². The molecule has 0 saturated carbocycles. The van der Waals surface area contributed by atoms with Crippen LogP contribution < -0.4 is 14.8 Å². The summed E-state index contributed by atoms with van der Waals surface area (Å²) in [4.78, 5) is 0. The lowest BCUT2D eigenvalue weighted by molar-refractivity contribution is 0.284. The van der Waals surface area contributed by atoms with Gasteiger partial charge in [0.05, 0.1) is 7.11 Å². The molecule has 0 saturated heterocycles. The molecule has 3 nitrogen and oxygen atoms in total. The molecule has 3 rings (SSSR count). The van der Waals surface area contributed by atoms with Crippen LogP contribution in [0.1, 0.15) is 16.7 Å². The molecule has 1 N–H and O–H groups in total. The molecule has 0 radical (unpaired) electrons. The average Bonchev–Trinajstić information content (AvgIpc) is 2.73. The van der Waals surface area contributed by atoms with Gasteiger partial charge in [-0.2, -0.15) is 0 Å². The Morgan fingerprint density at radius 3 is 2.17 bits per heavy atom. The van der Waals surface area contributed by atoms with Crippen LogP contribution in [0.4, 0.5) is 0 Å². The summed E-state index contributed by atoms with van der Waals surface area (Å²) < 4.78 is 11.4. The van der Waals surface area contributed by atoms with Crippen molar-refractivity contribution in [3.8, 4) is 11.5 Å². The van der Waals surface area contributed by atoms with E-state index in [-0.39, 0.29) is 6.61 Å². The van der Waals surface area contributed by atoms with Gasteiger partial charge in [-0.25, -0.2) is 0 Å². The van der Waals surface area contributed by atoms with Gasteiger partial charge in [-0.05, 0) is 54.4 Å². The van der Waals surface area contributed by atoms with Crippen LogP contribution in [-0.4, -0.2) is 13.7 Å². The van der Waals surface area contributed by atoms with E-state index in [9.17, 15) is 0 Å². The van der Waals surface area contributed by atoms with Gasteiger partial charge in [0, 0.05) is 38.3 Å². The summed E-state index contributed by atoms with van der Waals surface area (Å²) in [5.74, 6) is 1.16. The molecule has 0 heterocycles. The summed E-state index contributed by atoms with van der Waals surface area (Å²) in [6.45, 7) is 1.71. The van der Waals surface area contributed by atoms with Gasteiger partial charge < -0.3 is 14.8 Å². The Balaban J connectivity index is 1.59. The number of hydrogen-bond donors (Lipinski definition) is 1. The molecule has 0 bridgehead atoms. The SMILES string of the molecule is COc1cc(CNCCc2ccc(Cl)cc2)c(Cl)cc1OCc1ccc(Cl)cc1Cl. The zero-order chi connectivity index (χ0) is 21.5.